The molecule has 0 radical (unpaired) electrons. The van der Waals surface area contributed by atoms with Crippen molar-refractivity contribution in [2.75, 3.05) is 0 Å². The van der Waals surface area contributed by atoms with E-state index >= 15 is 0 Å². The zero-order valence-corrected chi connectivity index (χ0v) is 9.25. The molecule has 1 N–H and O–H groups in total. The summed E-state index contributed by atoms with van der Waals surface area (Å²) in [6, 6.07) is 6.39. The molecule has 1 aromatic carbocycles. The maximum Gasteiger partial charge on any atom is 0.123 e. The fourth-order valence-corrected chi connectivity index (χ4v) is 2.00. The quantitative estimate of drug-likeness (QED) is 0.882. The van der Waals surface area contributed by atoms with Crippen molar-refractivity contribution in [2.24, 2.45) is 0 Å². The number of halogens is 1. The fraction of sp³-hybridized carbons (Fsp3) is 0.308. The predicted molar refractivity (Wildman–Crippen MR) is 61.0 cm³/mol. The highest BCUT2D eigenvalue weighted by Gasteiger charge is 2.27. The van der Waals surface area contributed by atoms with Gasteiger partial charge in [0.2, 0.25) is 0 Å². The second-order valence-electron chi connectivity index (χ2n) is 4.41. The molecule has 1 saturated carbocycles. The highest BCUT2D eigenvalue weighted by molar-refractivity contribution is 5.26. The zero-order valence-electron chi connectivity index (χ0n) is 9.25. The lowest BCUT2D eigenvalue weighted by atomic mass is 10.1. The number of benzene rings is 1. The molecule has 0 saturated heterocycles. The van der Waals surface area contributed by atoms with E-state index in [0.29, 0.717) is 11.6 Å². The van der Waals surface area contributed by atoms with Crippen molar-refractivity contribution in [1.29, 1.82) is 0 Å². The van der Waals surface area contributed by atoms with E-state index < -0.39 is 6.10 Å². The van der Waals surface area contributed by atoms with Gasteiger partial charge in [-0.1, -0.05) is 12.1 Å². The number of imidazole rings is 1. The molecular weight excluding hydrogens is 219 g/mol. The number of nitrogens with zero attached hydrogens (tertiary/aromatic N) is 2. The Hall–Kier alpha value is -1.68. The van der Waals surface area contributed by atoms with Gasteiger partial charge in [-0.2, -0.15) is 0 Å². The second-order valence-corrected chi connectivity index (χ2v) is 4.41. The van der Waals surface area contributed by atoms with Crippen LogP contribution in [0.4, 0.5) is 4.39 Å². The number of aliphatic hydroxyl groups excluding tert-OH is 1. The summed E-state index contributed by atoms with van der Waals surface area (Å²) in [5, 5.41) is 10.2. The number of hydrogen-bond donors (Lipinski definition) is 1. The average Bonchev–Trinajstić information content (AvgIpc) is 3.07. The van der Waals surface area contributed by atoms with Crippen LogP contribution in [0.5, 0.6) is 0 Å². The van der Waals surface area contributed by atoms with E-state index in [-0.39, 0.29) is 5.82 Å². The molecular formula is C13H13FN2O. The Bertz CT molecular complexity index is 516. The van der Waals surface area contributed by atoms with Crippen LogP contribution in [0.15, 0.2) is 36.8 Å². The fourth-order valence-electron chi connectivity index (χ4n) is 2.00. The zero-order chi connectivity index (χ0) is 11.8. The second kappa shape index (κ2) is 3.96. The molecule has 1 atom stereocenters. The molecule has 3 nitrogen and oxygen atoms in total. The number of aliphatic hydroxyl groups is 1. The standard InChI is InChI=1S/C13H13FN2O/c14-10-3-1-9(2-4-10)13(17)12-7-15-8-16(12)11-5-6-11/h1-4,7-8,11,13,17H,5-6H2. The van der Waals surface area contributed by atoms with Crippen LogP contribution in [0.1, 0.15) is 36.2 Å². The summed E-state index contributed by atoms with van der Waals surface area (Å²) in [5.74, 6) is -0.295. The van der Waals surface area contributed by atoms with Crippen LogP contribution >= 0.6 is 0 Å². The molecule has 1 heterocycles. The molecule has 0 aliphatic heterocycles. The third kappa shape index (κ3) is 1.96. The van der Waals surface area contributed by atoms with E-state index in [1.165, 1.54) is 12.1 Å². The van der Waals surface area contributed by atoms with E-state index in [1.807, 2.05) is 4.57 Å². The summed E-state index contributed by atoms with van der Waals surface area (Å²) in [6.07, 6.45) is 4.96. The maximum absolute atomic E-state index is 12.8. The molecule has 0 amide bonds. The highest BCUT2D eigenvalue weighted by atomic mass is 19.1. The first-order valence-corrected chi connectivity index (χ1v) is 5.71. The Morgan fingerprint density at radius 3 is 2.65 bits per heavy atom. The lowest BCUT2D eigenvalue weighted by molar-refractivity contribution is 0.209. The summed E-state index contributed by atoms with van der Waals surface area (Å²) >= 11 is 0. The van der Waals surface area contributed by atoms with Gasteiger partial charge in [0.25, 0.3) is 0 Å². The third-order valence-corrected chi connectivity index (χ3v) is 3.10. The van der Waals surface area contributed by atoms with Gasteiger partial charge < -0.3 is 9.67 Å². The van der Waals surface area contributed by atoms with Crippen molar-refractivity contribution in [3.05, 3.63) is 53.9 Å². The molecule has 0 bridgehead atoms. The first-order valence-electron chi connectivity index (χ1n) is 5.71. The van der Waals surface area contributed by atoms with Crippen LogP contribution in [-0.2, 0) is 0 Å². The largest absolute Gasteiger partial charge is 0.382 e. The summed E-state index contributed by atoms with van der Waals surface area (Å²) in [7, 11) is 0. The van der Waals surface area contributed by atoms with Gasteiger partial charge in [-0.3, -0.25) is 0 Å². The van der Waals surface area contributed by atoms with Crippen LogP contribution in [-0.4, -0.2) is 14.7 Å². The lowest BCUT2D eigenvalue weighted by Gasteiger charge is -2.13. The predicted octanol–water partition coefficient (Wildman–Crippen LogP) is 2.44. The van der Waals surface area contributed by atoms with E-state index in [2.05, 4.69) is 4.98 Å². The van der Waals surface area contributed by atoms with Gasteiger partial charge >= 0.3 is 0 Å². The smallest absolute Gasteiger partial charge is 0.123 e. The van der Waals surface area contributed by atoms with Gasteiger partial charge in [-0.15, -0.1) is 0 Å². The lowest BCUT2D eigenvalue weighted by Crippen LogP contribution is -2.07. The molecule has 17 heavy (non-hydrogen) atoms. The minimum Gasteiger partial charge on any atom is -0.382 e. The molecule has 2 aromatic rings. The van der Waals surface area contributed by atoms with Crippen LogP contribution in [0, 0.1) is 5.82 Å². The van der Waals surface area contributed by atoms with Crippen molar-refractivity contribution in [1.82, 2.24) is 9.55 Å². The van der Waals surface area contributed by atoms with Gasteiger partial charge in [-0.05, 0) is 30.5 Å². The first-order chi connectivity index (χ1) is 8.25. The van der Waals surface area contributed by atoms with Crippen LogP contribution in [0.25, 0.3) is 0 Å². The van der Waals surface area contributed by atoms with Crippen LogP contribution in [0.3, 0.4) is 0 Å². The molecule has 88 valence electrons. The van der Waals surface area contributed by atoms with Crippen LogP contribution < -0.4 is 0 Å². The molecule has 4 heteroatoms. The Morgan fingerprint density at radius 2 is 2.00 bits per heavy atom. The Kier molecular flexibility index (Phi) is 2.44. The minimum absolute atomic E-state index is 0.295. The summed E-state index contributed by atoms with van der Waals surface area (Å²) in [5.41, 5.74) is 1.47. The van der Waals surface area contributed by atoms with Crippen molar-refractivity contribution in [3.8, 4) is 0 Å². The maximum atomic E-state index is 12.8. The van der Waals surface area contributed by atoms with E-state index in [0.717, 1.165) is 18.5 Å². The first kappa shape index (κ1) is 10.5. The Labute approximate surface area is 98.5 Å². The Balaban J connectivity index is 1.92. The number of rotatable bonds is 3. The van der Waals surface area contributed by atoms with E-state index in [4.69, 9.17) is 0 Å². The van der Waals surface area contributed by atoms with Gasteiger partial charge in [0.1, 0.15) is 11.9 Å². The molecule has 3 rings (SSSR count). The minimum atomic E-state index is -0.737. The SMILES string of the molecule is OC(c1ccc(F)cc1)c1cncn1C1CC1. The van der Waals surface area contributed by atoms with Crippen molar-refractivity contribution < 1.29 is 9.50 Å². The number of aromatic nitrogens is 2. The molecule has 1 fully saturated rings. The van der Waals surface area contributed by atoms with Gasteiger partial charge in [0, 0.05) is 6.04 Å². The number of hydrogen-bond acceptors (Lipinski definition) is 2. The normalized spacial score (nSPS) is 17.1. The molecule has 1 unspecified atom stereocenters. The molecule has 1 aromatic heterocycles. The van der Waals surface area contributed by atoms with Gasteiger partial charge in [0.15, 0.2) is 0 Å². The average molecular weight is 232 g/mol. The van der Waals surface area contributed by atoms with Crippen molar-refractivity contribution >= 4 is 0 Å². The molecule has 0 spiro atoms. The summed E-state index contributed by atoms with van der Waals surface area (Å²) in [6.45, 7) is 0. The third-order valence-electron chi connectivity index (χ3n) is 3.10. The van der Waals surface area contributed by atoms with Crippen molar-refractivity contribution in [3.63, 3.8) is 0 Å². The Morgan fingerprint density at radius 1 is 1.29 bits per heavy atom. The summed E-state index contributed by atoms with van der Waals surface area (Å²) < 4.78 is 14.8. The topological polar surface area (TPSA) is 38.1 Å². The van der Waals surface area contributed by atoms with Gasteiger partial charge in [-0.25, -0.2) is 9.37 Å². The van der Waals surface area contributed by atoms with Crippen LogP contribution in [0.2, 0.25) is 0 Å². The molecule has 1 aliphatic rings. The summed E-state index contributed by atoms with van der Waals surface area (Å²) in [4.78, 5) is 4.08. The van der Waals surface area contributed by atoms with Gasteiger partial charge in [0.05, 0.1) is 18.2 Å². The highest BCUT2D eigenvalue weighted by Crippen LogP contribution is 2.37. The molecule has 1 aliphatic carbocycles. The van der Waals surface area contributed by atoms with E-state index in [1.54, 1.807) is 24.7 Å². The monoisotopic (exact) mass is 232 g/mol. The van der Waals surface area contributed by atoms with E-state index in [9.17, 15) is 9.50 Å². The van der Waals surface area contributed by atoms with Crippen molar-refractivity contribution in [2.45, 2.75) is 25.0 Å².